The molecular formula is C12H19F3N4S. The van der Waals surface area contributed by atoms with E-state index in [-0.39, 0.29) is 0 Å². The second kappa shape index (κ2) is 6.26. The van der Waals surface area contributed by atoms with Crippen LogP contribution in [0.5, 0.6) is 0 Å². The summed E-state index contributed by atoms with van der Waals surface area (Å²) in [6.07, 6.45) is -2.38. The number of rotatable bonds is 4. The molecule has 0 radical (unpaired) electrons. The van der Waals surface area contributed by atoms with Crippen LogP contribution < -0.4 is 10.2 Å². The molecule has 4 nitrogen and oxygen atoms in total. The van der Waals surface area contributed by atoms with Crippen LogP contribution >= 0.6 is 11.5 Å². The van der Waals surface area contributed by atoms with Gasteiger partial charge in [-0.1, -0.05) is 13.8 Å². The van der Waals surface area contributed by atoms with Crippen molar-refractivity contribution in [3.05, 3.63) is 5.82 Å². The van der Waals surface area contributed by atoms with Gasteiger partial charge in [-0.3, -0.25) is 0 Å². The highest BCUT2D eigenvalue weighted by atomic mass is 32.1. The molecule has 1 aromatic heterocycles. The van der Waals surface area contributed by atoms with Crippen molar-refractivity contribution < 1.29 is 13.2 Å². The number of alkyl halides is 3. The lowest BCUT2D eigenvalue weighted by atomic mass is 9.98. The quantitative estimate of drug-likeness (QED) is 0.928. The first-order valence-electron chi connectivity index (χ1n) is 6.75. The van der Waals surface area contributed by atoms with Crippen LogP contribution in [0.3, 0.4) is 0 Å². The minimum Gasteiger partial charge on any atom is -0.347 e. The summed E-state index contributed by atoms with van der Waals surface area (Å²) in [5, 5.41) is 3.76. The highest BCUT2D eigenvalue weighted by Gasteiger charge is 2.37. The van der Waals surface area contributed by atoms with Gasteiger partial charge in [-0.2, -0.15) is 22.5 Å². The maximum atomic E-state index is 12.5. The molecule has 2 heterocycles. The lowest BCUT2D eigenvalue weighted by Crippen LogP contribution is -2.41. The molecule has 114 valence electrons. The minimum absolute atomic E-state index is 0.381. The zero-order valence-corrected chi connectivity index (χ0v) is 12.4. The van der Waals surface area contributed by atoms with Gasteiger partial charge >= 0.3 is 6.18 Å². The number of anilines is 1. The summed E-state index contributed by atoms with van der Waals surface area (Å²) in [5.41, 5.74) is 0. The number of aromatic nitrogens is 2. The van der Waals surface area contributed by atoms with E-state index in [4.69, 9.17) is 0 Å². The second-order valence-corrected chi connectivity index (χ2v) is 6.15. The molecule has 1 saturated heterocycles. The summed E-state index contributed by atoms with van der Waals surface area (Å²) in [4.78, 5) is 5.54. The Bertz CT molecular complexity index is 433. The molecule has 1 aliphatic heterocycles. The van der Waals surface area contributed by atoms with Crippen LogP contribution in [0.25, 0.3) is 0 Å². The Balaban J connectivity index is 1.96. The van der Waals surface area contributed by atoms with Gasteiger partial charge in [-0.15, -0.1) is 0 Å². The van der Waals surface area contributed by atoms with E-state index in [2.05, 4.69) is 28.5 Å². The smallest absolute Gasteiger partial charge is 0.347 e. The number of hydrogen-bond acceptors (Lipinski definition) is 5. The number of hydrogen-bond donors (Lipinski definition) is 1. The van der Waals surface area contributed by atoms with Crippen molar-refractivity contribution in [3.63, 3.8) is 0 Å². The molecule has 1 N–H and O–H groups in total. The lowest BCUT2D eigenvalue weighted by molar-refractivity contribution is -0.144. The SMILES string of the molecule is CC(C)NCC1CCCN(c2nc(C(F)(F)F)ns2)C1. The Morgan fingerprint density at radius 1 is 1.45 bits per heavy atom. The fourth-order valence-electron chi connectivity index (χ4n) is 2.27. The number of nitrogens with zero attached hydrogens (tertiary/aromatic N) is 3. The van der Waals surface area contributed by atoms with Crippen molar-refractivity contribution in [1.82, 2.24) is 14.7 Å². The molecule has 0 bridgehead atoms. The van der Waals surface area contributed by atoms with E-state index >= 15 is 0 Å². The van der Waals surface area contributed by atoms with Crippen molar-refractivity contribution in [2.75, 3.05) is 24.5 Å². The average Bonchev–Trinajstić information content (AvgIpc) is 2.86. The largest absolute Gasteiger partial charge is 0.452 e. The molecule has 8 heteroatoms. The van der Waals surface area contributed by atoms with Gasteiger partial charge in [0.2, 0.25) is 11.0 Å². The third kappa shape index (κ3) is 4.05. The highest BCUT2D eigenvalue weighted by Crippen LogP contribution is 2.31. The van der Waals surface area contributed by atoms with E-state index in [1.54, 1.807) is 0 Å². The zero-order valence-electron chi connectivity index (χ0n) is 11.6. The van der Waals surface area contributed by atoms with Gasteiger partial charge in [0.15, 0.2) is 0 Å². The van der Waals surface area contributed by atoms with Crippen molar-refractivity contribution in [1.29, 1.82) is 0 Å². The minimum atomic E-state index is -4.46. The number of nitrogens with one attached hydrogen (secondary N) is 1. The van der Waals surface area contributed by atoms with Crippen molar-refractivity contribution in [3.8, 4) is 0 Å². The molecule has 0 aliphatic carbocycles. The van der Waals surface area contributed by atoms with E-state index in [1.165, 1.54) is 0 Å². The molecule has 0 amide bonds. The van der Waals surface area contributed by atoms with Crippen LogP contribution in [0.15, 0.2) is 0 Å². The van der Waals surface area contributed by atoms with E-state index in [1.807, 2.05) is 4.90 Å². The molecule has 1 aliphatic rings. The molecule has 0 saturated carbocycles. The van der Waals surface area contributed by atoms with Crippen LogP contribution in [-0.4, -0.2) is 35.0 Å². The average molecular weight is 308 g/mol. The summed E-state index contributed by atoms with van der Waals surface area (Å²) in [7, 11) is 0. The first-order chi connectivity index (χ1) is 9.36. The van der Waals surface area contributed by atoms with Crippen LogP contribution in [0.1, 0.15) is 32.5 Å². The topological polar surface area (TPSA) is 41.0 Å². The van der Waals surface area contributed by atoms with Gasteiger partial charge in [0, 0.05) is 30.7 Å². The fourth-order valence-corrected chi connectivity index (χ4v) is 2.99. The molecule has 0 aromatic carbocycles. The van der Waals surface area contributed by atoms with Gasteiger partial charge in [0.05, 0.1) is 0 Å². The summed E-state index contributed by atoms with van der Waals surface area (Å²) in [6.45, 7) is 6.55. The maximum absolute atomic E-state index is 12.5. The predicted octanol–water partition coefficient (Wildman–Crippen LogP) is 2.77. The van der Waals surface area contributed by atoms with Crippen molar-refractivity contribution in [2.45, 2.75) is 38.9 Å². The van der Waals surface area contributed by atoms with Crippen LogP contribution in [0.2, 0.25) is 0 Å². The van der Waals surface area contributed by atoms with Gasteiger partial charge in [0.1, 0.15) is 0 Å². The van der Waals surface area contributed by atoms with Crippen LogP contribution in [0, 0.1) is 5.92 Å². The summed E-state index contributed by atoms with van der Waals surface area (Å²) >= 11 is 0.834. The van der Waals surface area contributed by atoms with Crippen molar-refractivity contribution >= 4 is 16.7 Å². The molecule has 0 spiro atoms. The van der Waals surface area contributed by atoms with E-state index < -0.39 is 12.0 Å². The molecule has 1 aromatic rings. The van der Waals surface area contributed by atoms with Crippen LogP contribution in [-0.2, 0) is 6.18 Å². The molecule has 2 rings (SSSR count). The molecule has 1 atom stereocenters. The molecule has 1 unspecified atom stereocenters. The molecule has 1 fully saturated rings. The second-order valence-electron chi connectivity index (χ2n) is 5.42. The van der Waals surface area contributed by atoms with E-state index in [0.717, 1.165) is 44.0 Å². The Kier molecular flexibility index (Phi) is 4.85. The standard InChI is InChI=1S/C12H19F3N4S/c1-8(2)16-6-9-4-3-5-19(7-9)11-17-10(18-20-11)12(13,14)15/h8-9,16H,3-7H2,1-2H3. The lowest BCUT2D eigenvalue weighted by Gasteiger charge is -2.32. The summed E-state index contributed by atoms with van der Waals surface area (Å²) < 4.78 is 40.9. The van der Waals surface area contributed by atoms with Gasteiger partial charge in [0.25, 0.3) is 0 Å². The zero-order chi connectivity index (χ0) is 14.8. The molecular weight excluding hydrogens is 289 g/mol. The summed E-state index contributed by atoms with van der Waals surface area (Å²) in [6, 6.07) is 0.420. The van der Waals surface area contributed by atoms with Gasteiger partial charge in [-0.25, -0.2) is 0 Å². The number of halogens is 3. The third-order valence-corrected chi connectivity index (χ3v) is 4.05. The monoisotopic (exact) mass is 308 g/mol. The predicted molar refractivity (Wildman–Crippen MR) is 73.0 cm³/mol. The first-order valence-corrected chi connectivity index (χ1v) is 7.53. The van der Waals surface area contributed by atoms with Crippen LogP contribution in [0.4, 0.5) is 18.3 Å². The Labute approximate surface area is 120 Å². The van der Waals surface area contributed by atoms with E-state index in [0.29, 0.717) is 17.1 Å². The highest BCUT2D eigenvalue weighted by molar-refractivity contribution is 7.09. The first kappa shape index (κ1) is 15.5. The van der Waals surface area contributed by atoms with Crippen molar-refractivity contribution in [2.24, 2.45) is 5.92 Å². The fraction of sp³-hybridized carbons (Fsp3) is 0.833. The number of piperidine rings is 1. The maximum Gasteiger partial charge on any atom is 0.452 e. The Morgan fingerprint density at radius 2 is 2.20 bits per heavy atom. The molecule has 20 heavy (non-hydrogen) atoms. The van der Waals surface area contributed by atoms with Gasteiger partial charge in [-0.05, 0) is 25.3 Å². The Hall–Kier alpha value is -0.890. The normalized spacial score (nSPS) is 20.7. The third-order valence-electron chi connectivity index (χ3n) is 3.27. The van der Waals surface area contributed by atoms with E-state index in [9.17, 15) is 13.2 Å². The van der Waals surface area contributed by atoms with Gasteiger partial charge < -0.3 is 10.2 Å². The Morgan fingerprint density at radius 3 is 2.80 bits per heavy atom. The summed E-state index contributed by atoms with van der Waals surface area (Å²) in [5.74, 6) is -0.579.